The van der Waals surface area contributed by atoms with Crippen LogP contribution in [0, 0.1) is 10.1 Å². The summed E-state index contributed by atoms with van der Waals surface area (Å²) in [6, 6.07) is 21.4. The first-order valence-corrected chi connectivity index (χ1v) is 12.5. The number of hydrogen-bond donors (Lipinski definition) is 1. The number of carbonyl (C=O) groups is 1. The van der Waals surface area contributed by atoms with Gasteiger partial charge in [0.05, 0.1) is 33.4 Å². The van der Waals surface area contributed by atoms with E-state index in [9.17, 15) is 24.8 Å². The lowest BCUT2D eigenvalue weighted by atomic mass is 9.93. The van der Waals surface area contributed by atoms with Crippen LogP contribution in [0.25, 0.3) is 11.8 Å². The van der Waals surface area contributed by atoms with Crippen LogP contribution in [0.15, 0.2) is 94.2 Å². The van der Waals surface area contributed by atoms with Gasteiger partial charge in [-0.2, -0.15) is 0 Å². The van der Waals surface area contributed by atoms with E-state index in [0.717, 1.165) is 11.3 Å². The van der Waals surface area contributed by atoms with Gasteiger partial charge >= 0.3 is 11.7 Å². The SMILES string of the molecule is CCOC(=O)C1=C(c2ccccc2)N=c2s/c(=C\c3ccc(O)c([N+](=O)[O-])c3)c(=O)n2[C@H]1c1ccccc1. The van der Waals surface area contributed by atoms with Gasteiger partial charge in [0.2, 0.25) is 0 Å². The number of fused-ring (bicyclic) bond motifs is 1. The number of nitro benzene ring substituents is 1. The standard InChI is InChI=1S/C28H21N3O6S/c1-2-37-27(34)23-24(18-9-5-3-6-10-18)29-28-30(25(23)19-11-7-4-8-12-19)26(33)22(38-28)16-17-13-14-21(32)20(15-17)31(35)36/h3-16,25,32H,2H2,1H3/b22-16-/t25-/m0/s1. The predicted molar refractivity (Wildman–Crippen MR) is 142 cm³/mol. The first kappa shape index (κ1) is 24.8. The summed E-state index contributed by atoms with van der Waals surface area (Å²) < 4.78 is 7.15. The van der Waals surface area contributed by atoms with Crippen LogP contribution >= 0.6 is 11.3 Å². The Morgan fingerprint density at radius 2 is 1.82 bits per heavy atom. The molecule has 0 bridgehead atoms. The van der Waals surface area contributed by atoms with Crippen LogP contribution in [-0.2, 0) is 9.53 Å². The van der Waals surface area contributed by atoms with Gasteiger partial charge in [-0.15, -0.1) is 0 Å². The van der Waals surface area contributed by atoms with Gasteiger partial charge in [-0.05, 0) is 30.2 Å². The second-order valence-electron chi connectivity index (χ2n) is 8.35. The molecule has 0 fully saturated rings. The molecule has 3 aromatic carbocycles. The number of carbonyl (C=O) groups excluding carboxylic acids is 1. The minimum absolute atomic E-state index is 0.149. The first-order chi connectivity index (χ1) is 18.4. The average Bonchev–Trinajstić information content (AvgIpc) is 3.24. The average molecular weight is 528 g/mol. The molecule has 9 nitrogen and oxygen atoms in total. The molecule has 1 atom stereocenters. The van der Waals surface area contributed by atoms with Crippen molar-refractivity contribution >= 4 is 34.8 Å². The number of ether oxygens (including phenoxy) is 1. The van der Waals surface area contributed by atoms with Crippen molar-refractivity contribution in [2.45, 2.75) is 13.0 Å². The largest absolute Gasteiger partial charge is 0.502 e. The number of rotatable bonds is 6. The molecule has 190 valence electrons. The second kappa shape index (κ2) is 10.3. The van der Waals surface area contributed by atoms with Gasteiger partial charge in [-0.1, -0.05) is 78.1 Å². The minimum Gasteiger partial charge on any atom is -0.502 e. The normalized spacial score (nSPS) is 15.1. The van der Waals surface area contributed by atoms with Crippen molar-refractivity contribution in [3.63, 3.8) is 0 Å². The number of thiazole rings is 1. The Morgan fingerprint density at radius 3 is 2.47 bits per heavy atom. The van der Waals surface area contributed by atoms with Crippen LogP contribution in [0.5, 0.6) is 5.75 Å². The molecule has 4 aromatic rings. The van der Waals surface area contributed by atoms with Crippen molar-refractivity contribution in [1.29, 1.82) is 0 Å². The lowest BCUT2D eigenvalue weighted by molar-refractivity contribution is -0.385. The van der Waals surface area contributed by atoms with E-state index in [0.29, 0.717) is 27.2 Å². The maximum absolute atomic E-state index is 13.8. The number of nitrogens with zero attached hydrogens (tertiary/aromatic N) is 3. The molecule has 38 heavy (non-hydrogen) atoms. The fraction of sp³-hybridized carbons (Fsp3) is 0.107. The number of benzene rings is 3. The van der Waals surface area contributed by atoms with Crippen LogP contribution < -0.4 is 14.9 Å². The monoisotopic (exact) mass is 527 g/mol. The van der Waals surface area contributed by atoms with Gasteiger partial charge in [0.15, 0.2) is 10.6 Å². The lowest BCUT2D eigenvalue weighted by Gasteiger charge is -2.25. The summed E-state index contributed by atoms with van der Waals surface area (Å²) in [6.45, 7) is 1.86. The summed E-state index contributed by atoms with van der Waals surface area (Å²) in [6.07, 6.45) is 1.51. The highest BCUT2D eigenvalue weighted by molar-refractivity contribution is 7.07. The van der Waals surface area contributed by atoms with Gasteiger partial charge in [-0.25, -0.2) is 9.79 Å². The Hall–Kier alpha value is -4.83. The van der Waals surface area contributed by atoms with Gasteiger partial charge in [0, 0.05) is 11.6 Å². The number of phenols is 1. The highest BCUT2D eigenvalue weighted by atomic mass is 32.1. The third-order valence-electron chi connectivity index (χ3n) is 5.98. The Kier molecular flexibility index (Phi) is 6.71. The summed E-state index contributed by atoms with van der Waals surface area (Å²) in [7, 11) is 0. The molecule has 0 saturated heterocycles. The van der Waals surface area contributed by atoms with Gasteiger partial charge in [-0.3, -0.25) is 19.5 Å². The second-order valence-corrected chi connectivity index (χ2v) is 9.36. The number of aromatic nitrogens is 1. The van der Waals surface area contributed by atoms with E-state index in [1.165, 1.54) is 28.8 Å². The molecule has 0 radical (unpaired) electrons. The molecule has 1 aliphatic rings. The van der Waals surface area contributed by atoms with Crippen molar-refractivity contribution in [2.75, 3.05) is 6.61 Å². The van der Waals surface area contributed by atoms with Crippen molar-refractivity contribution in [3.05, 3.63) is 131 Å². The van der Waals surface area contributed by atoms with E-state index in [1.54, 1.807) is 6.92 Å². The maximum atomic E-state index is 13.8. The first-order valence-electron chi connectivity index (χ1n) is 11.7. The van der Waals surface area contributed by atoms with Crippen LogP contribution in [0.1, 0.15) is 29.7 Å². The summed E-state index contributed by atoms with van der Waals surface area (Å²) in [5, 5.41) is 21.1. The van der Waals surface area contributed by atoms with E-state index in [2.05, 4.69) is 0 Å². The number of phenolic OH excluding ortho intramolecular Hbond substituents is 1. The quantitative estimate of drug-likeness (QED) is 0.232. The fourth-order valence-electron chi connectivity index (χ4n) is 4.32. The zero-order valence-corrected chi connectivity index (χ0v) is 20.9. The van der Waals surface area contributed by atoms with Gasteiger partial charge in [0.25, 0.3) is 5.56 Å². The molecule has 0 spiro atoms. The van der Waals surface area contributed by atoms with E-state index in [4.69, 9.17) is 9.73 Å². The molecule has 0 aliphatic carbocycles. The molecular formula is C28H21N3O6S. The third kappa shape index (κ3) is 4.53. The molecule has 0 saturated carbocycles. The van der Waals surface area contributed by atoms with Crippen LogP contribution in [-0.4, -0.2) is 27.2 Å². The maximum Gasteiger partial charge on any atom is 0.338 e. The zero-order valence-electron chi connectivity index (χ0n) is 20.1. The molecule has 1 aliphatic heterocycles. The summed E-state index contributed by atoms with van der Waals surface area (Å²) in [5.41, 5.74) is 1.53. The summed E-state index contributed by atoms with van der Waals surface area (Å²) in [5.74, 6) is -1.04. The molecule has 5 rings (SSSR count). The zero-order chi connectivity index (χ0) is 26.8. The lowest BCUT2D eigenvalue weighted by Crippen LogP contribution is -2.39. The molecular weight excluding hydrogens is 506 g/mol. The smallest absolute Gasteiger partial charge is 0.338 e. The Balaban J connectivity index is 1.80. The Labute approximate surface area is 220 Å². The molecule has 0 amide bonds. The van der Waals surface area contributed by atoms with Crippen molar-refractivity contribution < 1.29 is 19.6 Å². The summed E-state index contributed by atoms with van der Waals surface area (Å²) >= 11 is 1.11. The third-order valence-corrected chi connectivity index (χ3v) is 6.97. The number of aromatic hydroxyl groups is 1. The number of nitro groups is 1. The molecule has 0 unspecified atom stereocenters. The van der Waals surface area contributed by atoms with Crippen molar-refractivity contribution in [1.82, 2.24) is 4.57 Å². The fourth-order valence-corrected chi connectivity index (χ4v) is 5.32. The van der Waals surface area contributed by atoms with Gasteiger partial charge < -0.3 is 9.84 Å². The Morgan fingerprint density at radius 1 is 1.13 bits per heavy atom. The minimum atomic E-state index is -0.807. The molecule has 1 N–H and O–H groups in total. The van der Waals surface area contributed by atoms with Crippen LogP contribution in [0.2, 0.25) is 0 Å². The van der Waals surface area contributed by atoms with Crippen LogP contribution in [0.3, 0.4) is 0 Å². The summed E-state index contributed by atoms with van der Waals surface area (Å²) in [4.78, 5) is 42.9. The van der Waals surface area contributed by atoms with Crippen molar-refractivity contribution in [2.24, 2.45) is 4.99 Å². The van der Waals surface area contributed by atoms with E-state index >= 15 is 0 Å². The van der Waals surface area contributed by atoms with Crippen LogP contribution in [0.4, 0.5) is 5.69 Å². The number of esters is 1. The Bertz CT molecular complexity index is 1760. The predicted octanol–water partition coefficient (Wildman–Crippen LogP) is 3.55. The van der Waals surface area contributed by atoms with E-state index < -0.39 is 33.9 Å². The van der Waals surface area contributed by atoms with Crippen molar-refractivity contribution in [3.8, 4) is 5.75 Å². The molecule has 1 aromatic heterocycles. The van der Waals surface area contributed by atoms with E-state index in [1.807, 2.05) is 60.7 Å². The molecule has 2 heterocycles. The van der Waals surface area contributed by atoms with E-state index in [-0.39, 0.29) is 16.7 Å². The highest BCUT2D eigenvalue weighted by Gasteiger charge is 2.35. The molecule has 10 heteroatoms. The van der Waals surface area contributed by atoms with Gasteiger partial charge in [0.1, 0.15) is 0 Å². The number of hydrogen-bond acceptors (Lipinski definition) is 8. The highest BCUT2D eigenvalue weighted by Crippen LogP contribution is 2.35. The topological polar surface area (TPSA) is 124 Å².